The molecule has 1 aromatic carbocycles. The van der Waals surface area contributed by atoms with E-state index in [2.05, 4.69) is 9.71 Å². The average Bonchev–Trinajstić information content (AvgIpc) is 2.42. The lowest BCUT2D eigenvalue weighted by Gasteiger charge is -2.09. The molecule has 0 aliphatic rings. The molecule has 0 spiro atoms. The molecule has 5 nitrogen and oxygen atoms in total. The minimum absolute atomic E-state index is 0.0671. The highest BCUT2D eigenvalue weighted by atomic mass is 35.5. The number of nitriles is 1. The van der Waals surface area contributed by atoms with Crippen molar-refractivity contribution in [3.63, 3.8) is 0 Å². The van der Waals surface area contributed by atoms with Gasteiger partial charge in [-0.1, -0.05) is 23.2 Å². The standard InChI is InChI=1S/C12H7Cl2N3O2S/c13-8-1-4-12(11(14)5-8)17-20(18,19)10-3-2-9(6-15)16-7-10/h1-5,7,17H. The zero-order valence-corrected chi connectivity index (χ0v) is 12.2. The predicted octanol–water partition coefficient (Wildman–Crippen LogP) is 3.06. The van der Waals surface area contributed by atoms with Crippen LogP contribution in [0.2, 0.25) is 10.0 Å². The van der Waals surface area contributed by atoms with Gasteiger partial charge in [-0.2, -0.15) is 5.26 Å². The van der Waals surface area contributed by atoms with E-state index in [1.807, 2.05) is 6.07 Å². The van der Waals surface area contributed by atoms with E-state index in [4.69, 9.17) is 28.5 Å². The number of benzene rings is 1. The topological polar surface area (TPSA) is 82.8 Å². The number of aromatic nitrogens is 1. The van der Waals surface area contributed by atoms with Crippen molar-refractivity contribution >= 4 is 38.9 Å². The minimum Gasteiger partial charge on any atom is -0.278 e. The molecule has 8 heteroatoms. The van der Waals surface area contributed by atoms with Crippen LogP contribution in [0.1, 0.15) is 5.69 Å². The van der Waals surface area contributed by atoms with Gasteiger partial charge in [0.25, 0.3) is 10.0 Å². The molecule has 0 amide bonds. The van der Waals surface area contributed by atoms with Crippen LogP contribution in [0.25, 0.3) is 0 Å². The molecule has 2 rings (SSSR count). The summed E-state index contributed by atoms with van der Waals surface area (Å²) in [6, 6.07) is 8.82. The Balaban J connectivity index is 2.33. The van der Waals surface area contributed by atoms with Gasteiger partial charge in [-0.25, -0.2) is 13.4 Å². The third-order valence-electron chi connectivity index (χ3n) is 2.34. The molecule has 102 valence electrons. The highest BCUT2D eigenvalue weighted by molar-refractivity contribution is 7.92. The van der Waals surface area contributed by atoms with Crippen molar-refractivity contribution in [1.29, 1.82) is 5.26 Å². The van der Waals surface area contributed by atoms with Crippen molar-refractivity contribution in [2.75, 3.05) is 4.72 Å². The van der Waals surface area contributed by atoms with Crippen LogP contribution >= 0.6 is 23.2 Å². The maximum Gasteiger partial charge on any atom is 0.263 e. The molecule has 0 bridgehead atoms. The number of anilines is 1. The molecule has 0 fully saturated rings. The molecule has 0 aliphatic carbocycles. The fourth-order valence-corrected chi connectivity index (χ4v) is 2.92. The van der Waals surface area contributed by atoms with Crippen molar-refractivity contribution in [3.05, 3.63) is 52.3 Å². The first-order valence-corrected chi connectivity index (χ1v) is 7.50. The van der Waals surface area contributed by atoms with Crippen LogP contribution in [0.15, 0.2) is 41.4 Å². The molecule has 0 saturated carbocycles. The quantitative estimate of drug-likeness (QED) is 0.939. The molecule has 0 unspecified atom stereocenters. The largest absolute Gasteiger partial charge is 0.278 e. The van der Waals surface area contributed by atoms with E-state index < -0.39 is 10.0 Å². The Morgan fingerprint density at radius 3 is 2.50 bits per heavy atom. The molecule has 1 heterocycles. The van der Waals surface area contributed by atoms with Gasteiger partial charge in [0.05, 0.1) is 10.7 Å². The summed E-state index contributed by atoms with van der Waals surface area (Å²) in [7, 11) is -3.82. The number of pyridine rings is 1. The molecule has 0 aliphatic heterocycles. The second-order valence-corrected chi connectivity index (χ2v) is 6.25. The van der Waals surface area contributed by atoms with Gasteiger partial charge < -0.3 is 0 Å². The molecular weight excluding hydrogens is 321 g/mol. The number of hydrogen-bond acceptors (Lipinski definition) is 4. The first kappa shape index (κ1) is 14.6. The first-order chi connectivity index (χ1) is 9.42. The summed E-state index contributed by atoms with van der Waals surface area (Å²) < 4.78 is 26.6. The molecule has 0 saturated heterocycles. The zero-order valence-electron chi connectivity index (χ0n) is 9.84. The highest BCUT2D eigenvalue weighted by Gasteiger charge is 2.16. The lowest BCUT2D eigenvalue weighted by atomic mass is 10.3. The number of nitrogens with zero attached hydrogens (tertiary/aromatic N) is 2. The summed E-state index contributed by atoms with van der Waals surface area (Å²) in [6.45, 7) is 0. The van der Waals surface area contributed by atoms with Crippen LogP contribution in [-0.4, -0.2) is 13.4 Å². The Hall–Kier alpha value is -1.81. The van der Waals surface area contributed by atoms with Gasteiger partial charge in [-0.3, -0.25) is 4.72 Å². The van der Waals surface area contributed by atoms with E-state index in [9.17, 15) is 8.42 Å². The van der Waals surface area contributed by atoms with Crippen LogP contribution in [0.4, 0.5) is 5.69 Å². The van der Waals surface area contributed by atoms with Gasteiger partial charge >= 0.3 is 0 Å². The normalized spacial score (nSPS) is 10.8. The monoisotopic (exact) mass is 327 g/mol. The summed E-state index contributed by atoms with van der Waals surface area (Å²) in [4.78, 5) is 3.64. The van der Waals surface area contributed by atoms with E-state index in [-0.39, 0.29) is 21.3 Å². The second kappa shape index (κ2) is 5.67. The molecule has 2 aromatic rings. The Labute approximate surface area is 125 Å². The van der Waals surface area contributed by atoms with Crippen molar-refractivity contribution in [3.8, 4) is 6.07 Å². The smallest absolute Gasteiger partial charge is 0.263 e. The SMILES string of the molecule is N#Cc1ccc(S(=O)(=O)Nc2ccc(Cl)cc2Cl)cn1. The van der Waals surface area contributed by atoms with Crippen LogP contribution in [-0.2, 0) is 10.0 Å². The van der Waals surface area contributed by atoms with E-state index >= 15 is 0 Å². The third-order valence-corrected chi connectivity index (χ3v) is 4.24. The summed E-state index contributed by atoms with van der Waals surface area (Å²) in [6.07, 6.45) is 1.10. The lowest BCUT2D eigenvalue weighted by molar-refractivity contribution is 0.601. The fourth-order valence-electron chi connectivity index (χ4n) is 1.38. The lowest BCUT2D eigenvalue weighted by Crippen LogP contribution is -2.13. The Morgan fingerprint density at radius 2 is 1.95 bits per heavy atom. The van der Waals surface area contributed by atoms with Gasteiger partial charge in [0.1, 0.15) is 16.7 Å². The van der Waals surface area contributed by atoms with Crippen LogP contribution in [0, 0.1) is 11.3 Å². The van der Waals surface area contributed by atoms with Gasteiger partial charge in [-0.15, -0.1) is 0 Å². The maximum atomic E-state index is 12.1. The molecule has 20 heavy (non-hydrogen) atoms. The molecule has 0 atom stereocenters. The van der Waals surface area contributed by atoms with Crippen molar-refractivity contribution in [1.82, 2.24) is 4.98 Å². The number of nitrogens with one attached hydrogen (secondary N) is 1. The summed E-state index contributed by atoms with van der Waals surface area (Å²) in [5.41, 5.74) is 0.342. The molecule has 1 N–H and O–H groups in total. The maximum absolute atomic E-state index is 12.1. The number of sulfonamides is 1. The molecular formula is C12H7Cl2N3O2S. The zero-order chi connectivity index (χ0) is 14.8. The third kappa shape index (κ3) is 3.20. The van der Waals surface area contributed by atoms with Crippen molar-refractivity contribution < 1.29 is 8.42 Å². The fraction of sp³-hybridized carbons (Fsp3) is 0. The van der Waals surface area contributed by atoms with Gasteiger partial charge in [-0.05, 0) is 30.3 Å². The van der Waals surface area contributed by atoms with E-state index in [1.165, 1.54) is 30.3 Å². The van der Waals surface area contributed by atoms with Gasteiger partial charge in [0.15, 0.2) is 0 Å². The Kier molecular flexibility index (Phi) is 4.14. The Bertz CT molecular complexity index is 783. The Morgan fingerprint density at radius 1 is 1.20 bits per heavy atom. The summed E-state index contributed by atoms with van der Waals surface area (Å²) in [5, 5.41) is 9.21. The number of hydrogen-bond donors (Lipinski definition) is 1. The highest BCUT2D eigenvalue weighted by Crippen LogP contribution is 2.27. The van der Waals surface area contributed by atoms with E-state index in [0.717, 1.165) is 6.20 Å². The van der Waals surface area contributed by atoms with E-state index in [0.29, 0.717) is 5.02 Å². The van der Waals surface area contributed by atoms with Crippen LogP contribution < -0.4 is 4.72 Å². The average molecular weight is 328 g/mol. The van der Waals surface area contributed by atoms with Gasteiger partial charge in [0.2, 0.25) is 0 Å². The first-order valence-electron chi connectivity index (χ1n) is 5.26. The summed E-state index contributed by atoms with van der Waals surface area (Å²) in [5.74, 6) is 0. The molecule has 0 radical (unpaired) electrons. The van der Waals surface area contributed by atoms with Crippen molar-refractivity contribution in [2.24, 2.45) is 0 Å². The number of halogens is 2. The molecule has 1 aromatic heterocycles. The summed E-state index contributed by atoms with van der Waals surface area (Å²) >= 11 is 11.6. The minimum atomic E-state index is -3.82. The van der Waals surface area contributed by atoms with Crippen LogP contribution in [0.3, 0.4) is 0 Å². The predicted molar refractivity (Wildman–Crippen MR) is 76.2 cm³/mol. The van der Waals surface area contributed by atoms with E-state index in [1.54, 1.807) is 0 Å². The number of rotatable bonds is 3. The van der Waals surface area contributed by atoms with Crippen molar-refractivity contribution in [2.45, 2.75) is 4.90 Å². The second-order valence-electron chi connectivity index (χ2n) is 3.72. The van der Waals surface area contributed by atoms with Crippen LogP contribution in [0.5, 0.6) is 0 Å². The van der Waals surface area contributed by atoms with Gasteiger partial charge in [0, 0.05) is 11.2 Å².